The highest BCUT2D eigenvalue weighted by Crippen LogP contribution is 2.57. The third-order valence-corrected chi connectivity index (χ3v) is 30.0. The molecule has 9 atom stereocenters. The molecule has 0 spiro atoms. The minimum Gasteiger partial charge on any atom is -0.497 e. The molecule has 12 heterocycles. The van der Waals surface area contributed by atoms with Crippen LogP contribution in [0.3, 0.4) is 0 Å². The lowest BCUT2D eigenvalue weighted by molar-refractivity contribution is 0.104. The Balaban J connectivity index is 0.000000111. The standard InChI is InChI=1S/4C22H27NO4.C19H16ClNO4/c2*1-13-8-14-9-16(24-2)6-7-17(14)19-10-15-11-20(25-3)22(27-5)21(26-4)18(15)12-23(13)19;2*1-13-8-15-10-20(25-3)21(26-4)11-16(15)18-9-14-6-7-19(24-2)22(27-5)17(14)12-23(13)18;20-18-13-5-14-12-6-16-15(22-8-23-16)3-10(12)1-2-21(14)7-11(13)4-17-19(18)25-9-24-17/h2*6-7,9,11,13,19H,8,10,12H2,1-5H3;2*6-7,10-11,13,18H,8-9,12H2,1-5H3;3-4,6,14H,1-2,5,7-9H2/t13-,19+;13-,19-;13-,18+;13-,18-;/m1010./s1. The Morgan fingerprint density at radius 2 is 0.609 bits per heavy atom. The number of nitrogens with zero attached hydrogens (tertiary/aromatic N) is 5. The highest BCUT2D eigenvalue weighted by molar-refractivity contribution is 6.33. The Morgan fingerprint density at radius 3 is 1.02 bits per heavy atom. The summed E-state index contributed by atoms with van der Waals surface area (Å²) in [7, 11) is 27.1. The predicted octanol–water partition coefficient (Wildman–Crippen LogP) is 18.5. The first-order chi connectivity index (χ1) is 64.7. The minimum absolute atomic E-state index is 0.247. The van der Waals surface area contributed by atoms with Crippen LogP contribution in [0.4, 0.5) is 0 Å². The van der Waals surface area contributed by atoms with Gasteiger partial charge in [-0.05, 0) is 272 Å². The molecular formula is C107H124ClN5O20. The quantitative estimate of drug-likeness (QED) is 0.0883. The summed E-state index contributed by atoms with van der Waals surface area (Å²) in [6.07, 6.45) is 9.67. The highest BCUT2D eigenvalue weighted by atomic mass is 35.5. The van der Waals surface area contributed by atoms with Crippen molar-refractivity contribution in [2.24, 2.45) is 0 Å². The molecule has 26 heteroatoms. The number of fused-ring (bicyclic) bond motifs is 22. The fourth-order valence-electron chi connectivity index (χ4n) is 23.0. The molecule has 0 bridgehead atoms. The van der Waals surface area contributed by atoms with Crippen LogP contribution < -0.4 is 94.7 Å². The molecule has 12 aliphatic heterocycles. The lowest BCUT2D eigenvalue weighted by Gasteiger charge is -2.45. The van der Waals surface area contributed by atoms with Crippen LogP contribution in [-0.4, -0.2) is 183 Å². The zero-order valence-corrected chi connectivity index (χ0v) is 80.9. The summed E-state index contributed by atoms with van der Waals surface area (Å²) in [5, 5.41) is 0.706. The Morgan fingerprint density at radius 1 is 0.256 bits per heavy atom. The van der Waals surface area contributed by atoms with E-state index in [9.17, 15) is 0 Å². The van der Waals surface area contributed by atoms with E-state index in [4.69, 9.17) is 106 Å². The number of rotatable bonds is 16. The Bertz CT molecular complexity index is 5760. The summed E-state index contributed by atoms with van der Waals surface area (Å²) in [5.41, 5.74) is 26.1. The molecule has 1 unspecified atom stereocenters. The first-order valence-corrected chi connectivity index (χ1v) is 46.3. The molecule has 133 heavy (non-hydrogen) atoms. The number of halogens is 1. The first kappa shape index (κ1) is 91.8. The van der Waals surface area contributed by atoms with Crippen LogP contribution in [0, 0.1) is 0 Å². The average Bonchev–Trinajstić information content (AvgIpc) is 1.68. The van der Waals surface area contributed by atoms with Crippen molar-refractivity contribution in [3.05, 3.63) is 232 Å². The fraction of sp³-hybridized carbons (Fsp3) is 0.439. The molecule has 10 aromatic rings. The van der Waals surface area contributed by atoms with Crippen LogP contribution in [0.15, 0.2) is 115 Å². The van der Waals surface area contributed by atoms with Crippen LogP contribution in [-0.2, 0) is 96.9 Å². The SMILES string of the molecule is COc1cc2c(cc1OC)[C@@H]1Cc3ccc(OC)c(OC)c3CN1[C@@H](C)C2.COc1cc2c(cc1OC)[C@@H]1Cc3ccc(OC)c(OC)c3CN1[C@H](C)C2.COc1ccc2c(c1)C[C@@H](C)N1Cc3c(cc(OC)c(OC)c3OC)C[C@@H]21.COc1ccc2c(c1)C[C@H](C)N1Cc3c(cc(OC)c(OC)c3OC)C[C@@H]21.Clc1c2c(cc3c1OCO3)CN1CCc3cc4c(cc3C1C2)OCO4. The van der Waals surface area contributed by atoms with Gasteiger partial charge >= 0.3 is 0 Å². The third kappa shape index (κ3) is 16.7. The normalized spacial score (nSPS) is 21.2. The molecule has 0 amide bonds. The van der Waals surface area contributed by atoms with Gasteiger partial charge in [0.15, 0.2) is 92.0 Å². The van der Waals surface area contributed by atoms with E-state index in [2.05, 4.69) is 155 Å². The van der Waals surface area contributed by atoms with Gasteiger partial charge in [0.25, 0.3) is 0 Å². The molecule has 25 nitrogen and oxygen atoms in total. The molecular weight excluding hydrogens is 1710 g/mol. The van der Waals surface area contributed by atoms with Gasteiger partial charge < -0.3 is 94.7 Å². The minimum atomic E-state index is 0.247. The van der Waals surface area contributed by atoms with Gasteiger partial charge in [0.2, 0.25) is 25.1 Å². The second-order valence-corrected chi connectivity index (χ2v) is 36.5. The molecule has 0 N–H and O–H groups in total. The van der Waals surface area contributed by atoms with E-state index in [1.807, 2.05) is 12.1 Å². The molecule has 10 aromatic carbocycles. The van der Waals surface area contributed by atoms with Crippen molar-refractivity contribution >= 4 is 11.6 Å². The molecule has 22 rings (SSSR count). The zero-order chi connectivity index (χ0) is 93.1. The van der Waals surface area contributed by atoms with Gasteiger partial charge in [-0.1, -0.05) is 35.9 Å². The van der Waals surface area contributed by atoms with Crippen LogP contribution in [0.2, 0.25) is 5.02 Å². The summed E-state index contributed by atoms with van der Waals surface area (Å²) in [6, 6.07) is 44.0. The van der Waals surface area contributed by atoms with Crippen molar-refractivity contribution in [1.82, 2.24) is 24.5 Å². The van der Waals surface area contributed by atoms with Gasteiger partial charge in [0.1, 0.15) is 11.5 Å². The van der Waals surface area contributed by atoms with E-state index in [-0.39, 0.29) is 6.79 Å². The van der Waals surface area contributed by atoms with Crippen molar-refractivity contribution in [2.75, 3.05) is 134 Å². The smallest absolute Gasteiger partial charge is 0.231 e. The molecule has 0 aliphatic carbocycles. The van der Waals surface area contributed by atoms with E-state index >= 15 is 0 Å². The Kier molecular flexibility index (Phi) is 26.7. The molecule has 0 saturated carbocycles. The molecule has 704 valence electrons. The van der Waals surface area contributed by atoms with Crippen molar-refractivity contribution in [2.45, 2.75) is 179 Å². The van der Waals surface area contributed by atoms with E-state index in [1.165, 1.54) is 111 Å². The molecule has 0 aromatic heterocycles. The number of hydrogen-bond donors (Lipinski definition) is 0. The van der Waals surface area contributed by atoms with E-state index in [0.29, 0.717) is 83.4 Å². The topological polar surface area (TPSA) is 201 Å². The maximum Gasteiger partial charge on any atom is 0.231 e. The Hall–Kier alpha value is -11.7. The molecule has 0 radical (unpaired) electrons. The van der Waals surface area contributed by atoms with Crippen LogP contribution in [0.5, 0.6) is 115 Å². The summed E-state index contributed by atoms with van der Waals surface area (Å²) < 4.78 is 111. The highest BCUT2D eigenvalue weighted by Gasteiger charge is 2.45. The van der Waals surface area contributed by atoms with Gasteiger partial charge in [-0.25, -0.2) is 0 Å². The van der Waals surface area contributed by atoms with E-state index in [1.54, 1.807) is 114 Å². The van der Waals surface area contributed by atoms with Gasteiger partial charge in [-0.15, -0.1) is 0 Å². The maximum atomic E-state index is 6.66. The number of ether oxygens (including phenoxy) is 20. The fourth-order valence-corrected chi connectivity index (χ4v) is 23.3. The molecule has 0 saturated heterocycles. The van der Waals surface area contributed by atoms with Gasteiger partial charge in [-0.3, -0.25) is 24.5 Å². The van der Waals surface area contributed by atoms with E-state index < -0.39 is 0 Å². The van der Waals surface area contributed by atoms with Crippen molar-refractivity contribution in [3.8, 4) is 115 Å². The predicted molar refractivity (Wildman–Crippen MR) is 508 cm³/mol. The largest absolute Gasteiger partial charge is 0.497 e. The lowest BCUT2D eigenvalue weighted by atomic mass is 9.81. The van der Waals surface area contributed by atoms with Gasteiger partial charge in [0.05, 0.1) is 119 Å². The van der Waals surface area contributed by atoms with Crippen molar-refractivity contribution in [3.63, 3.8) is 0 Å². The molecule has 12 aliphatic rings. The summed E-state index contributed by atoms with van der Waals surface area (Å²) >= 11 is 6.66. The van der Waals surface area contributed by atoms with Crippen molar-refractivity contribution < 1.29 is 94.7 Å². The second-order valence-electron chi connectivity index (χ2n) is 36.1. The van der Waals surface area contributed by atoms with E-state index in [0.717, 1.165) is 201 Å². The summed E-state index contributed by atoms with van der Waals surface area (Å²) in [4.78, 5) is 12.8. The van der Waals surface area contributed by atoms with Crippen LogP contribution >= 0.6 is 11.6 Å². The van der Waals surface area contributed by atoms with Crippen molar-refractivity contribution in [1.29, 1.82) is 0 Å². The average molecular weight is 1840 g/mol. The van der Waals surface area contributed by atoms with Gasteiger partial charge in [0, 0.05) is 116 Å². The number of methoxy groups -OCH3 is 16. The Labute approximate surface area is 785 Å². The summed E-state index contributed by atoms with van der Waals surface area (Å²) in [6.45, 7) is 15.1. The number of benzene rings is 10. The zero-order valence-electron chi connectivity index (χ0n) is 80.2. The second kappa shape index (κ2) is 38.7. The lowest BCUT2D eigenvalue weighted by Crippen LogP contribution is -2.45. The third-order valence-electron chi connectivity index (χ3n) is 29.6. The monoisotopic (exact) mass is 1830 g/mol. The maximum absolute atomic E-state index is 6.66. The van der Waals surface area contributed by atoms with Crippen LogP contribution in [0.25, 0.3) is 0 Å². The number of hydrogen-bond acceptors (Lipinski definition) is 25. The van der Waals surface area contributed by atoms with Gasteiger partial charge in [-0.2, -0.15) is 0 Å². The summed E-state index contributed by atoms with van der Waals surface area (Å²) in [5.74, 6) is 15.9. The first-order valence-electron chi connectivity index (χ1n) is 45.9. The molecule has 0 fully saturated rings. The van der Waals surface area contributed by atoms with Crippen LogP contribution in [0.1, 0.15) is 169 Å².